The van der Waals surface area contributed by atoms with Crippen molar-refractivity contribution in [1.29, 1.82) is 0 Å². The second kappa shape index (κ2) is 2.10. The van der Waals surface area contributed by atoms with Gasteiger partial charge in [0.2, 0.25) is 0 Å². The van der Waals surface area contributed by atoms with Crippen molar-refractivity contribution in [2.24, 2.45) is 5.73 Å². The van der Waals surface area contributed by atoms with Crippen LogP contribution in [0.15, 0.2) is 0 Å². The first kappa shape index (κ1) is 9.19. The zero-order chi connectivity index (χ0) is 8.58. The molecule has 0 aromatic heterocycles. The first-order chi connectivity index (χ1) is 4.19. The van der Waals surface area contributed by atoms with E-state index in [0.717, 1.165) is 0 Å². The summed E-state index contributed by atoms with van der Waals surface area (Å²) in [6.45, 7) is 0.0787. The summed E-state index contributed by atoms with van der Waals surface area (Å²) in [4.78, 5) is 9.79. The monoisotopic (exact) mass is 159 g/mol. The molecule has 2 nitrogen and oxygen atoms in total. The normalized spacial score (nSPS) is 18.1. The SMILES string of the molecule is CC(F)(C(N)=O)C(F)(F)F. The molecule has 0 aliphatic rings. The van der Waals surface area contributed by atoms with Gasteiger partial charge < -0.3 is 5.73 Å². The van der Waals surface area contributed by atoms with E-state index in [1.807, 2.05) is 0 Å². The molecule has 1 atom stereocenters. The zero-order valence-electron chi connectivity index (χ0n) is 5.00. The lowest BCUT2D eigenvalue weighted by atomic mass is 10.1. The van der Waals surface area contributed by atoms with Crippen molar-refractivity contribution in [1.82, 2.24) is 0 Å². The largest absolute Gasteiger partial charge is 0.431 e. The summed E-state index contributed by atoms with van der Waals surface area (Å²) in [5.41, 5.74) is 0.199. The Kier molecular flexibility index (Phi) is 1.93. The second-order valence-corrected chi connectivity index (χ2v) is 1.86. The van der Waals surface area contributed by atoms with Gasteiger partial charge in [-0.2, -0.15) is 13.2 Å². The number of halogens is 4. The maximum atomic E-state index is 12.1. The molecule has 0 bridgehead atoms. The van der Waals surface area contributed by atoms with Gasteiger partial charge in [0.05, 0.1) is 0 Å². The molecule has 6 heteroatoms. The van der Waals surface area contributed by atoms with Gasteiger partial charge in [-0.3, -0.25) is 4.79 Å². The highest BCUT2D eigenvalue weighted by molar-refractivity contribution is 5.83. The van der Waals surface area contributed by atoms with Crippen molar-refractivity contribution in [3.05, 3.63) is 0 Å². The lowest BCUT2D eigenvalue weighted by molar-refractivity contribution is -0.219. The summed E-state index contributed by atoms with van der Waals surface area (Å²) in [6, 6.07) is 0. The Balaban J connectivity index is 4.57. The van der Waals surface area contributed by atoms with Crippen LogP contribution in [0.5, 0.6) is 0 Å². The van der Waals surface area contributed by atoms with E-state index in [9.17, 15) is 22.4 Å². The van der Waals surface area contributed by atoms with E-state index in [1.54, 1.807) is 0 Å². The quantitative estimate of drug-likeness (QED) is 0.564. The molecule has 0 heterocycles. The third-order valence-electron chi connectivity index (χ3n) is 0.995. The van der Waals surface area contributed by atoms with Crippen LogP contribution in [0.3, 0.4) is 0 Å². The number of nitrogens with two attached hydrogens (primary N) is 1. The average molecular weight is 159 g/mol. The fourth-order valence-corrected chi connectivity index (χ4v) is 0.140. The fourth-order valence-electron chi connectivity index (χ4n) is 0.140. The Morgan fingerprint density at radius 1 is 1.30 bits per heavy atom. The third-order valence-corrected chi connectivity index (χ3v) is 0.995. The van der Waals surface area contributed by atoms with E-state index in [1.165, 1.54) is 0 Å². The average Bonchev–Trinajstić information content (AvgIpc) is 1.62. The summed E-state index contributed by atoms with van der Waals surface area (Å²) in [5, 5.41) is 0. The van der Waals surface area contributed by atoms with E-state index in [0.29, 0.717) is 0 Å². The van der Waals surface area contributed by atoms with Crippen LogP contribution in [0.1, 0.15) is 6.92 Å². The number of carbonyl (C=O) groups is 1. The van der Waals surface area contributed by atoms with Gasteiger partial charge in [0.15, 0.2) is 0 Å². The molecule has 0 aromatic carbocycles. The van der Waals surface area contributed by atoms with Crippen molar-refractivity contribution in [3.63, 3.8) is 0 Å². The first-order valence-corrected chi connectivity index (χ1v) is 2.25. The number of primary amides is 1. The van der Waals surface area contributed by atoms with E-state index in [4.69, 9.17) is 0 Å². The molecule has 0 aliphatic heterocycles. The molecule has 0 aromatic rings. The number of carbonyl (C=O) groups excluding carboxylic acids is 1. The van der Waals surface area contributed by atoms with E-state index < -0.39 is 17.8 Å². The molecule has 0 rings (SSSR count). The first-order valence-electron chi connectivity index (χ1n) is 2.25. The summed E-state index contributed by atoms with van der Waals surface area (Å²) in [5.74, 6) is -2.03. The molecular formula is C4H5F4NO. The van der Waals surface area contributed by atoms with E-state index in [-0.39, 0.29) is 6.92 Å². The predicted molar refractivity (Wildman–Crippen MR) is 24.8 cm³/mol. The summed E-state index contributed by atoms with van der Waals surface area (Å²) in [7, 11) is 0. The lowest BCUT2D eigenvalue weighted by Gasteiger charge is -2.18. The molecule has 2 N–H and O–H groups in total. The topological polar surface area (TPSA) is 43.1 Å². The zero-order valence-corrected chi connectivity index (χ0v) is 5.00. The molecule has 0 fully saturated rings. The highest BCUT2D eigenvalue weighted by Crippen LogP contribution is 2.32. The molecule has 0 radical (unpaired) electrons. The molecular weight excluding hydrogens is 154 g/mol. The van der Waals surface area contributed by atoms with Gasteiger partial charge in [-0.05, 0) is 6.92 Å². The lowest BCUT2D eigenvalue weighted by Crippen LogP contribution is -2.49. The van der Waals surface area contributed by atoms with Gasteiger partial charge in [-0.15, -0.1) is 0 Å². The van der Waals surface area contributed by atoms with Crippen molar-refractivity contribution >= 4 is 5.91 Å². The van der Waals surface area contributed by atoms with Crippen molar-refractivity contribution in [3.8, 4) is 0 Å². The summed E-state index contributed by atoms with van der Waals surface area (Å²) in [6.07, 6.45) is -5.22. The van der Waals surface area contributed by atoms with Crippen LogP contribution in [0.2, 0.25) is 0 Å². The molecule has 1 unspecified atom stereocenters. The minimum atomic E-state index is -5.22. The molecule has 60 valence electrons. The smallest absolute Gasteiger partial charge is 0.367 e. The van der Waals surface area contributed by atoms with Crippen LogP contribution < -0.4 is 5.73 Å². The van der Waals surface area contributed by atoms with Gasteiger partial charge in [-0.25, -0.2) is 4.39 Å². The van der Waals surface area contributed by atoms with Crippen LogP contribution >= 0.6 is 0 Å². The summed E-state index contributed by atoms with van der Waals surface area (Å²) < 4.78 is 46.3. The number of hydrogen-bond acceptors (Lipinski definition) is 1. The van der Waals surface area contributed by atoms with Crippen molar-refractivity contribution in [2.75, 3.05) is 0 Å². The van der Waals surface area contributed by atoms with E-state index in [2.05, 4.69) is 5.73 Å². The minimum absolute atomic E-state index is 0.0787. The van der Waals surface area contributed by atoms with E-state index >= 15 is 0 Å². The van der Waals surface area contributed by atoms with Gasteiger partial charge in [-0.1, -0.05) is 0 Å². The maximum absolute atomic E-state index is 12.1. The number of alkyl halides is 4. The van der Waals surface area contributed by atoms with Gasteiger partial charge in [0.25, 0.3) is 11.6 Å². The molecule has 0 saturated carbocycles. The number of hydrogen-bond donors (Lipinski definition) is 1. The standard InChI is InChI=1S/C4H5F4NO/c1-3(5,2(9)10)4(6,7)8/h1H3,(H2,9,10). The molecule has 10 heavy (non-hydrogen) atoms. The van der Waals surface area contributed by atoms with Crippen molar-refractivity contribution < 1.29 is 22.4 Å². The third kappa shape index (κ3) is 1.37. The number of rotatable bonds is 1. The minimum Gasteiger partial charge on any atom is -0.367 e. The maximum Gasteiger partial charge on any atom is 0.431 e. The Hall–Kier alpha value is -0.810. The highest BCUT2D eigenvalue weighted by atomic mass is 19.4. The van der Waals surface area contributed by atoms with Crippen LogP contribution in [0, 0.1) is 0 Å². The highest BCUT2D eigenvalue weighted by Gasteiger charge is 2.56. The van der Waals surface area contributed by atoms with Gasteiger partial charge >= 0.3 is 6.18 Å². The van der Waals surface area contributed by atoms with Crippen LogP contribution in [-0.2, 0) is 4.79 Å². The molecule has 0 spiro atoms. The second-order valence-electron chi connectivity index (χ2n) is 1.86. The fraction of sp³-hybridized carbons (Fsp3) is 0.750. The number of amides is 1. The van der Waals surface area contributed by atoms with Gasteiger partial charge in [0.1, 0.15) is 0 Å². The predicted octanol–water partition coefficient (Wildman–Crippen LogP) is 0.762. The Morgan fingerprint density at radius 2 is 1.60 bits per heavy atom. The van der Waals surface area contributed by atoms with Gasteiger partial charge in [0, 0.05) is 0 Å². The molecule has 0 saturated heterocycles. The van der Waals surface area contributed by atoms with Crippen LogP contribution in [0.4, 0.5) is 17.6 Å². The summed E-state index contributed by atoms with van der Waals surface area (Å²) >= 11 is 0. The Morgan fingerprint density at radius 3 is 1.60 bits per heavy atom. The Labute approximate surface area is 54.0 Å². The van der Waals surface area contributed by atoms with Crippen LogP contribution in [0.25, 0.3) is 0 Å². The van der Waals surface area contributed by atoms with Crippen LogP contribution in [-0.4, -0.2) is 17.8 Å². The molecule has 1 amide bonds. The van der Waals surface area contributed by atoms with Crippen molar-refractivity contribution in [2.45, 2.75) is 18.8 Å². The molecule has 0 aliphatic carbocycles. The Bertz CT molecular complexity index is 150.